The summed E-state index contributed by atoms with van der Waals surface area (Å²) in [6, 6.07) is 15.5. The quantitative estimate of drug-likeness (QED) is 0.501. The molecule has 0 amide bonds. The number of hydrogen-bond acceptors (Lipinski definition) is 5. The van der Waals surface area contributed by atoms with E-state index in [0.717, 1.165) is 29.4 Å². The van der Waals surface area contributed by atoms with Crippen LogP contribution in [-0.2, 0) is 4.79 Å². The maximum absolute atomic E-state index is 14.9. The fourth-order valence-corrected chi connectivity index (χ4v) is 4.84. The summed E-state index contributed by atoms with van der Waals surface area (Å²) in [6.45, 7) is 0. The Morgan fingerprint density at radius 2 is 1.68 bits per heavy atom. The first-order valence-corrected chi connectivity index (χ1v) is 11.0. The van der Waals surface area contributed by atoms with Crippen LogP contribution in [0.4, 0.5) is 20.2 Å². The van der Waals surface area contributed by atoms with E-state index in [9.17, 15) is 13.6 Å². The van der Waals surface area contributed by atoms with Crippen LogP contribution < -0.4 is 20.1 Å². The molecule has 1 aliphatic carbocycles. The lowest BCUT2D eigenvalue weighted by Crippen LogP contribution is -2.27. The predicted octanol–water partition coefficient (Wildman–Crippen LogP) is 5.96. The highest BCUT2D eigenvalue weighted by molar-refractivity contribution is 6.01. The van der Waals surface area contributed by atoms with Crippen molar-refractivity contribution in [2.45, 2.75) is 24.8 Å². The molecule has 174 valence electrons. The fraction of sp³-hybridized carbons (Fsp3) is 0.222. The van der Waals surface area contributed by atoms with E-state index in [0.29, 0.717) is 34.9 Å². The van der Waals surface area contributed by atoms with Crippen molar-refractivity contribution in [3.63, 3.8) is 0 Å². The largest absolute Gasteiger partial charge is 0.497 e. The van der Waals surface area contributed by atoms with E-state index in [-0.39, 0.29) is 23.7 Å². The number of carbonyl (C=O) groups is 1. The Morgan fingerprint density at radius 3 is 2.44 bits per heavy atom. The zero-order valence-electron chi connectivity index (χ0n) is 18.8. The summed E-state index contributed by atoms with van der Waals surface area (Å²) in [4.78, 5) is 13.6. The first-order chi connectivity index (χ1) is 16.5. The molecule has 34 heavy (non-hydrogen) atoms. The first-order valence-electron chi connectivity index (χ1n) is 11.0. The Balaban J connectivity index is 1.64. The summed E-state index contributed by atoms with van der Waals surface area (Å²) in [5, 5.41) is 6.68. The van der Waals surface area contributed by atoms with Crippen molar-refractivity contribution in [2.75, 3.05) is 24.9 Å². The second-order valence-corrected chi connectivity index (χ2v) is 8.44. The van der Waals surface area contributed by atoms with Crippen LogP contribution in [0.15, 0.2) is 71.9 Å². The number of carbonyl (C=O) groups excluding carboxylic acids is 1. The highest BCUT2D eigenvalue weighted by atomic mass is 19.1. The molecule has 1 heterocycles. The number of Topliss-reactive ketones (excluding diaryl/α,β-unsaturated/α-hetero) is 1. The normalized spacial score (nSPS) is 19.4. The van der Waals surface area contributed by atoms with Crippen molar-refractivity contribution in [1.82, 2.24) is 0 Å². The molecule has 7 heteroatoms. The van der Waals surface area contributed by atoms with Gasteiger partial charge in [0.25, 0.3) is 0 Å². The van der Waals surface area contributed by atoms with Gasteiger partial charge in [-0.3, -0.25) is 4.79 Å². The van der Waals surface area contributed by atoms with E-state index in [2.05, 4.69) is 10.6 Å². The highest BCUT2D eigenvalue weighted by Gasteiger charge is 2.38. The summed E-state index contributed by atoms with van der Waals surface area (Å²) in [6.07, 6.45) is 0.698. The summed E-state index contributed by atoms with van der Waals surface area (Å²) in [7, 11) is 3.18. The first kappa shape index (κ1) is 21.9. The van der Waals surface area contributed by atoms with Crippen LogP contribution >= 0.6 is 0 Å². The van der Waals surface area contributed by atoms with E-state index in [1.54, 1.807) is 14.2 Å². The van der Waals surface area contributed by atoms with Gasteiger partial charge in [-0.15, -0.1) is 0 Å². The second-order valence-electron chi connectivity index (χ2n) is 8.44. The molecule has 3 aromatic carbocycles. The second kappa shape index (κ2) is 8.82. The van der Waals surface area contributed by atoms with Crippen molar-refractivity contribution in [3.05, 3.63) is 94.7 Å². The van der Waals surface area contributed by atoms with Gasteiger partial charge in [-0.2, -0.15) is 0 Å². The van der Waals surface area contributed by atoms with E-state index in [1.165, 1.54) is 0 Å². The van der Waals surface area contributed by atoms with Gasteiger partial charge >= 0.3 is 0 Å². The van der Waals surface area contributed by atoms with E-state index >= 15 is 0 Å². The number of fused-ring (bicyclic) bond motifs is 1. The van der Waals surface area contributed by atoms with Gasteiger partial charge in [0.1, 0.15) is 23.1 Å². The predicted molar refractivity (Wildman–Crippen MR) is 126 cm³/mol. The average Bonchev–Trinajstić information content (AvgIpc) is 3.01. The van der Waals surface area contributed by atoms with Crippen molar-refractivity contribution < 1.29 is 23.0 Å². The van der Waals surface area contributed by atoms with Gasteiger partial charge in [0.2, 0.25) is 0 Å². The summed E-state index contributed by atoms with van der Waals surface area (Å²) in [5.41, 5.74) is 3.52. The van der Waals surface area contributed by atoms with E-state index in [4.69, 9.17) is 9.47 Å². The number of allylic oxidation sites excluding steroid dienone is 1. The smallest absolute Gasteiger partial charge is 0.163 e. The van der Waals surface area contributed by atoms with Crippen molar-refractivity contribution in [1.29, 1.82) is 0 Å². The van der Waals surface area contributed by atoms with Crippen molar-refractivity contribution in [2.24, 2.45) is 0 Å². The van der Waals surface area contributed by atoms with Crippen LogP contribution in [0.2, 0.25) is 0 Å². The van der Waals surface area contributed by atoms with Gasteiger partial charge in [-0.1, -0.05) is 12.1 Å². The average molecular weight is 462 g/mol. The van der Waals surface area contributed by atoms with Crippen molar-refractivity contribution in [3.8, 4) is 11.5 Å². The van der Waals surface area contributed by atoms with Crippen LogP contribution in [0.3, 0.4) is 0 Å². The monoisotopic (exact) mass is 462 g/mol. The maximum atomic E-state index is 14.9. The number of para-hydroxylation sites is 2. The number of nitrogens with one attached hydrogen (secondary N) is 2. The number of rotatable bonds is 4. The number of hydrogen-bond donors (Lipinski definition) is 2. The molecule has 2 N–H and O–H groups in total. The molecule has 5 rings (SSSR count). The number of benzene rings is 3. The van der Waals surface area contributed by atoms with Gasteiger partial charge in [0, 0.05) is 34.7 Å². The van der Waals surface area contributed by atoms with Gasteiger partial charge in [0.05, 0.1) is 31.6 Å². The third-order valence-corrected chi connectivity index (χ3v) is 6.45. The third kappa shape index (κ3) is 3.87. The minimum Gasteiger partial charge on any atom is -0.497 e. The molecule has 0 bridgehead atoms. The van der Waals surface area contributed by atoms with Crippen molar-refractivity contribution >= 4 is 17.2 Å². The molecule has 0 saturated carbocycles. The van der Waals surface area contributed by atoms with Gasteiger partial charge < -0.3 is 20.1 Å². The summed E-state index contributed by atoms with van der Waals surface area (Å²) in [5.74, 6) is -0.113. The zero-order valence-corrected chi connectivity index (χ0v) is 18.8. The molecule has 0 fully saturated rings. The molecular formula is C27H24F2N2O3. The van der Waals surface area contributed by atoms with Crippen LogP contribution in [-0.4, -0.2) is 20.0 Å². The molecule has 0 saturated heterocycles. The van der Waals surface area contributed by atoms with Gasteiger partial charge in [0.15, 0.2) is 5.78 Å². The zero-order chi connectivity index (χ0) is 23.8. The molecule has 0 radical (unpaired) electrons. The lowest BCUT2D eigenvalue weighted by molar-refractivity contribution is -0.116. The van der Waals surface area contributed by atoms with Crippen LogP contribution in [0.25, 0.3) is 0 Å². The maximum Gasteiger partial charge on any atom is 0.163 e. The number of halogens is 2. The number of ether oxygens (including phenoxy) is 2. The van der Waals surface area contributed by atoms with Gasteiger partial charge in [-0.05, 0) is 55.0 Å². The molecule has 1 aliphatic heterocycles. The van der Waals surface area contributed by atoms with Crippen LogP contribution in [0.5, 0.6) is 11.5 Å². The topological polar surface area (TPSA) is 59.6 Å². The third-order valence-electron chi connectivity index (χ3n) is 6.45. The SMILES string of the molecule is COc1ccc(OC)c([C@@H]2CC(=O)C3=C(C2)Nc2ccccc2N[C@@H]3c2cc(F)ccc2F)c1. The molecule has 0 spiro atoms. The molecule has 2 aliphatic rings. The molecule has 3 aromatic rings. The van der Waals surface area contributed by atoms with Gasteiger partial charge in [-0.25, -0.2) is 8.78 Å². The molecular weight excluding hydrogens is 438 g/mol. The number of ketones is 1. The number of methoxy groups -OCH3 is 2. The van der Waals surface area contributed by atoms with E-state index in [1.807, 2.05) is 42.5 Å². The molecule has 2 atom stereocenters. The fourth-order valence-electron chi connectivity index (χ4n) is 4.84. The van der Waals surface area contributed by atoms with E-state index < -0.39 is 17.7 Å². The molecule has 5 nitrogen and oxygen atoms in total. The molecule has 0 aromatic heterocycles. The number of anilines is 2. The minimum absolute atomic E-state index is 0.0942. The summed E-state index contributed by atoms with van der Waals surface area (Å²) >= 11 is 0. The lowest BCUT2D eigenvalue weighted by atomic mass is 9.78. The highest BCUT2D eigenvalue weighted by Crippen LogP contribution is 2.46. The minimum atomic E-state index is -0.831. The Kier molecular flexibility index (Phi) is 5.69. The molecule has 0 unspecified atom stereocenters. The standard InChI is InChI=1S/C27H24F2N2O3/c1-33-17-8-10-25(34-2)18(14-17)15-11-23-26(24(32)12-15)27(19-13-16(28)7-9-20(19)29)31-22-6-4-3-5-21(22)30-23/h3-10,13-15,27,30-31H,11-12H2,1-2H3/t15-,27+/m0/s1. The lowest BCUT2D eigenvalue weighted by Gasteiger charge is -2.30. The van der Waals surface area contributed by atoms with Crippen LogP contribution in [0, 0.1) is 11.6 Å². The Bertz CT molecular complexity index is 1300. The Hall–Kier alpha value is -3.87. The summed E-state index contributed by atoms with van der Waals surface area (Å²) < 4.78 is 40.0. The Morgan fingerprint density at radius 1 is 0.882 bits per heavy atom. The Labute approximate surface area is 196 Å². The van der Waals surface area contributed by atoms with Crippen LogP contribution in [0.1, 0.15) is 35.9 Å².